The third kappa shape index (κ3) is 5.43. The van der Waals surface area contributed by atoms with Gasteiger partial charge in [0.1, 0.15) is 11.0 Å². The summed E-state index contributed by atoms with van der Waals surface area (Å²) < 4.78 is 6.81. The summed E-state index contributed by atoms with van der Waals surface area (Å²) >= 11 is 3.19. The molecule has 0 radical (unpaired) electrons. The van der Waals surface area contributed by atoms with E-state index in [0.29, 0.717) is 24.9 Å². The molecule has 1 atom stereocenters. The van der Waals surface area contributed by atoms with Crippen molar-refractivity contribution >= 4 is 40.5 Å². The molecule has 0 fully saturated rings. The number of esters is 1. The van der Waals surface area contributed by atoms with Crippen LogP contribution in [0.2, 0.25) is 0 Å². The van der Waals surface area contributed by atoms with Crippen molar-refractivity contribution in [3.8, 4) is 21.3 Å². The number of primary amides is 1. The van der Waals surface area contributed by atoms with Crippen molar-refractivity contribution in [2.45, 2.75) is 45.7 Å². The van der Waals surface area contributed by atoms with Gasteiger partial charge in [0.15, 0.2) is 0 Å². The maximum absolute atomic E-state index is 11.9. The van der Waals surface area contributed by atoms with Gasteiger partial charge in [0.2, 0.25) is 5.91 Å². The molecule has 10 heteroatoms. The van der Waals surface area contributed by atoms with Gasteiger partial charge in [-0.3, -0.25) is 9.59 Å². The van der Waals surface area contributed by atoms with Crippen LogP contribution < -0.4 is 11.1 Å². The Labute approximate surface area is 194 Å². The Bertz CT molecular complexity index is 1100. The first kappa shape index (κ1) is 23.7. The van der Waals surface area contributed by atoms with Crippen LogP contribution in [-0.4, -0.2) is 40.5 Å². The summed E-state index contributed by atoms with van der Waals surface area (Å²) in [5, 5.41) is 7.54. The third-order valence-electron chi connectivity index (χ3n) is 5.12. The second-order valence-electron chi connectivity index (χ2n) is 7.33. The quantitative estimate of drug-likeness (QED) is 0.344. The zero-order chi connectivity index (χ0) is 23.3. The van der Waals surface area contributed by atoms with Crippen molar-refractivity contribution in [3.63, 3.8) is 0 Å². The minimum absolute atomic E-state index is 0.278. The molecular formula is C22H26N4O4S2. The van der Waals surface area contributed by atoms with Gasteiger partial charge in [0.25, 0.3) is 5.91 Å². The first-order valence-corrected chi connectivity index (χ1v) is 11.9. The van der Waals surface area contributed by atoms with Gasteiger partial charge in [-0.2, -0.15) is 0 Å². The van der Waals surface area contributed by atoms with E-state index >= 15 is 0 Å². The molecule has 0 aliphatic heterocycles. The van der Waals surface area contributed by atoms with Gasteiger partial charge in [-0.05, 0) is 43.7 Å². The molecule has 0 bridgehead atoms. The van der Waals surface area contributed by atoms with Crippen molar-refractivity contribution in [3.05, 3.63) is 40.2 Å². The number of hydrogen-bond acceptors (Lipinski definition) is 7. The Balaban J connectivity index is 1.77. The number of rotatable bonds is 10. The zero-order valence-corrected chi connectivity index (χ0v) is 19.8. The fourth-order valence-electron chi connectivity index (χ4n) is 3.55. The molecule has 3 N–H and O–H groups in total. The lowest BCUT2D eigenvalue weighted by molar-refractivity contribution is -0.145. The molecule has 3 aromatic heterocycles. The van der Waals surface area contributed by atoms with E-state index in [4.69, 9.17) is 15.5 Å². The first-order valence-electron chi connectivity index (χ1n) is 10.2. The van der Waals surface area contributed by atoms with E-state index in [1.54, 1.807) is 28.7 Å². The highest BCUT2D eigenvalue weighted by Crippen LogP contribution is 2.33. The molecule has 2 amide bonds. The fraction of sp³-hybridized carbons (Fsp3) is 0.364. The summed E-state index contributed by atoms with van der Waals surface area (Å²) in [7, 11) is 1.30. The molecule has 8 nitrogen and oxygen atoms in total. The zero-order valence-electron chi connectivity index (χ0n) is 18.2. The van der Waals surface area contributed by atoms with Crippen molar-refractivity contribution in [1.29, 1.82) is 0 Å². The highest BCUT2D eigenvalue weighted by atomic mass is 32.1. The summed E-state index contributed by atoms with van der Waals surface area (Å²) in [6.45, 7) is 3.86. The van der Waals surface area contributed by atoms with Crippen LogP contribution >= 0.6 is 22.7 Å². The molecular weight excluding hydrogens is 448 g/mol. The SMILES string of the molecule is COC(=O)C(CCCCn1c(-c2csc(-c3cccs3)n2)cc(C(N)=O)c1C)NC(C)=O. The number of nitrogens with two attached hydrogens (primary N) is 1. The van der Waals surface area contributed by atoms with Crippen molar-refractivity contribution in [2.75, 3.05) is 7.11 Å². The van der Waals surface area contributed by atoms with Crippen LogP contribution in [0.5, 0.6) is 0 Å². The molecule has 0 saturated heterocycles. The first-order chi connectivity index (χ1) is 15.3. The molecule has 0 aliphatic rings. The summed E-state index contributed by atoms with van der Waals surface area (Å²) in [5.41, 5.74) is 8.46. The standard InChI is InChI=1S/C22H26N4O4S2/c1-13-15(20(23)28)11-18(17-12-32-21(25-17)19-8-6-10-31-19)26(13)9-5-4-7-16(22(29)30-3)24-14(2)27/h6,8,10-12,16H,4-5,7,9H2,1-3H3,(H2,23,28)(H,24,27). The van der Waals surface area contributed by atoms with Gasteiger partial charge >= 0.3 is 5.97 Å². The van der Waals surface area contributed by atoms with Gasteiger partial charge in [-0.1, -0.05) is 6.07 Å². The fourth-order valence-corrected chi connectivity index (χ4v) is 5.18. The van der Waals surface area contributed by atoms with E-state index in [-0.39, 0.29) is 5.91 Å². The number of ether oxygens (including phenoxy) is 1. The number of thiophene rings is 1. The second-order valence-corrected chi connectivity index (χ2v) is 9.14. The highest BCUT2D eigenvalue weighted by molar-refractivity contribution is 7.20. The minimum atomic E-state index is -0.671. The molecule has 3 rings (SSSR count). The number of thiazole rings is 1. The average molecular weight is 475 g/mol. The minimum Gasteiger partial charge on any atom is -0.467 e. The Morgan fingerprint density at radius 2 is 2.06 bits per heavy atom. The molecule has 170 valence electrons. The predicted molar refractivity (Wildman–Crippen MR) is 126 cm³/mol. The number of unbranched alkanes of at least 4 members (excludes halogenated alkanes) is 1. The summed E-state index contributed by atoms with van der Waals surface area (Å²) in [6, 6.07) is 5.14. The van der Waals surface area contributed by atoms with Crippen LogP contribution in [0, 0.1) is 6.92 Å². The van der Waals surface area contributed by atoms with E-state index in [1.165, 1.54) is 14.0 Å². The number of methoxy groups -OCH3 is 1. The maximum Gasteiger partial charge on any atom is 0.328 e. The Morgan fingerprint density at radius 1 is 1.28 bits per heavy atom. The normalized spacial score (nSPS) is 11.8. The number of aromatic nitrogens is 2. The number of nitrogens with one attached hydrogen (secondary N) is 1. The molecule has 0 aromatic carbocycles. The van der Waals surface area contributed by atoms with Crippen molar-refractivity contribution < 1.29 is 19.1 Å². The van der Waals surface area contributed by atoms with Crippen LogP contribution in [0.3, 0.4) is 0 Å². The van der Waals surface area contributed by atoms with E-state index in [0.717, 1.165) is 33.4 Å². The third-order valence-corrected chi connectivity index (χ3v) is 7.00. The van der Waals surface area contributed by atoms with E-state index < -0.39 is 17.9 Å². The molecule has 0 saturated carbocycles. The van der Waals surface area contributed by atoms with Gasteiger partial charge < -0.3 is 20.4 Å². The van der Waals surface area contributed by atoms with E-state index in [2.05, 4.69) is 5.32 Å². The smallest absolute Gasteiger partial charge is 0.328 e. The number of carbonyl (C=O) groups is 3. The van der Waals surface area contributed by atoms with Gasteiger partial charge in [0.05, 0.1) is 28.9 Å². The van der Waals surface area contributed by atoms with Crippen LogP contribution in [0.25, 0.3) is 21.3 Å². The lowest BCUT2D eigenvalue weighted by Crippen LogP contribution is -2.40. The van der Waals surface area contributed by atoms with Crippen LogP contribution in [0.4, 0.5) is 0 Å². The molecule has 0 spiro atoms. The number of hydrogen-bond donors (Lipinski definition) is 2. The summed E-state index contributed by atoms with van der Waals surface area (Å²) in [4.78, 5) is 41.0. The molecule has 1 unspecified atom stereocenters. The maximum atomic E-state index is 11.9. The van der Waals surface area contributed by atoms with Crippen LogP contribution in [0.15, 0.2) is 29.0 Å². The highest BCUT2D eigenvalue weighted by Gasteiger charge is 2.21. The molecule has 3 aromatic rings. The van der Waals surface area contributed by atoms with E-state index in [1.807, 2.05) is 34.4 Å². The number of carbonyl (C=O) groups excluding carboxylic acids is 3. The lowest BCUT2D eigenvalue weighted by atomic mass is 10.1. The largest absolute Gasteiger partial charge is 0.467 e. The lowest BCUT2D eigenvalue weighted by Gasteiger charge is -2.16. The van der Waals surface area contributed by atoms with Crippen molar-refractivity contribution in [1.82, 2.24) is 14.9 Å². The topological polar surface area (TPSA) is 116 Å². The molecule has 0 aliphatic carbocycles. The second kappa shape index (κ2) is 10.6. The van der Waals surface area contributed by atoms with Crippen molar-refractivity contribution in [2.24, 2.45) is 5.73 Å². The number of amides is 2. The molecule has 32 heavy (non-hydrogen) atoms. The van der Waals surface area contributed by atoms with Gasteiger partial charge in [-0.25, -0.2) is 9.78 Å². The van der Waals surface area contributed by atoms with Crippen LogP contribution in [0.1, 0.15) is 42.2 Å². The Kier molecular flexibility index (Phi) is 7.81. The monoisotopic (exact) mass is 474 g/mol. The predicted octanol–water partition coefficient (Wildman–Crippen LogP) is 3.60. The van der Waals surface area contributed by atoms with Gasteiger partial charge in [-0.15, -0.1) is 22.7 Å². The Morgan fingerprint density at radius 3 is 2.69 bits per heavy atom. The van der Waals surface area contributed by atoms with Gasteiger partial charge in [0, 0.05) is 24.5 Å². The average Bonchev–Trinajstić information content (AvgIpc) is 3.49. The summed E-state index contributed by atoms with van der Waals surface area (Å²) in [5.74, 6) is -1.22. The Hall–Kier alpha value is -2.98. The van der Waals surface area contributed by atoms with Crippen LogP contribution in [-0.2, 0) is 20.9 Å². The summed E-state index contributed by atoms with van der Waals surface area (Å²) in [6.07, 6.45) is 1.88. The molecule has 3 heterocycles. The number of nitrogens with zero attached hydrogens (tertiary/aromatic N) is 2. The van der Waals surface area contributed by atoms with E-state index in [9.17, 15) is 14.4 Å².